The van der Waals surface area contributed by atoms with Gasteiger partial charge in [-0.2, -0.15) is 13.2 Å². The standard InChI is InChI=1S/C47H60ClF3N8O8S/c1-7-28-21-46(28,42(62)63)56-40(60)34-19-30(22-59(34)41(61)39(45(4,5)6)55-44(64)67-29-17-26-16-27(26)18-29)66-36-20-32(33-23-68-43(54-33)52-25(2)3)53-38-31(36)8-9-35(37(38)48)65-15-14-57-10-12-58(13-11-57)24-47(49,50)51/h7-9,20,23,25-30,34,39H,1,10-19,21-22,24H2,2-6H3,(H,52,54)(H,55,64)(H,56,60)(H,62,63)/t26-,27+,28-,29+,30-,34+,39-,46?/m1/s1. The highest BCUT2D eigenvalue weighted by molar-refractivity contribution is 7.14. The summed E-state index contributed by atoms with van der Waals surface area (Å²) in [5, 5.41) is 22.2. The molecule has 2 saturated heterocycles. The zero-order chi connectivity index (χ0) is 48.9. The second kappa shape index (κ2) is 19.5. The number of alkyl carbamates (subject to hydrolysis) is 1. The molecule has 0 spiro atoms. The summed E-state index contributed by atoms with van der Waals surface area (Å²) in [6.07, 6.45) is -1.70. The lowest BCUT2D eigenvalue weighted by Crippen LogP contribution is -2.59. The number of fused-ring (bicyclic) bond motifs is 2. The van der Waals surface area contributed by atoms with Gasteiger partial charge in [-0.05, 0) is 68.9 Å². The van der Waals surface area contributed by atoms with E-state index >= 15 is 0 Å². The normalized spacial score (nSPS) is 26.5. The van der Waals surface area contributed by atoms with E-state index in [1.54, 1.807) is 39.0 Å². The minimum atomic E-state index is -4.25. The number of nitrogens with zero attached hydrogens (tertiary/aromatic N) is 5. The number of hydrogen-bond acceptors (Lipinski definition) is 13. The lowest BCUT2D eigenvalue weighted by Gasteiger charge is -2.35. The number of likely N-dealkylation sites (tertiary alicyclic amines) is 1. The van der Waals surface area contributed by atoms with Gasteiger partial charge in [-0.3, -0.25) is 19.4 Å². The average Bonchev–Trinajstić information content (AvgIpc) is 3.93. The second-order valence-electron chi connectivity index (χ2n) is 20.2. The number of amides is 3. The maximum atomic E-state index is 14.8. The van der Waals surface area contributed by atoms with Crippen LogP contribution in [0.3, 0.4) is 0 Å². The van der Waals surface area contributed by atoms with Crippen LogP contribution in [0, 0.1) is 23.2 Å². The molecule has 16 nitrogen and oxygen atoms in total. The van der Waals surface area contributed by atoms with Crippen molar-refractivity contribution in [1.29, 1.82) is 0 Å². The molecule has 0 bridgehead atoms. The Morgan fingerprint density at radius 2 is 1.71 bits per heavy atom. The van der Waals surface area contributed by atoms with Crippen LogP contribution in [0.2, 0.25) is 5.02 Å². The molecule has 3 aromatic rings. The van der Waals surface area contributed by atoms with Gasteiger partial charge in [0.15, 0.2) is 5.13 Å². The number of anilines is 1. The number of carboxylic acid groups (broad SMARTS) is 1. The fourth-order valence-corrected chi connectivity index (χ4v) is 10.8. The number of hydrogen-bond donors (Lipinski definition) is 4. The highest BCUT2D eigenvalue weighted by atomic mass is 35.5. The topological polar surface area (TPSA) is 188 Å². The van der Waals surface area contributed by atoms with Gasteiger partial charge in [0.2, 0.25) is 11.8 Å². The predicted octanol–water partition coefficient (Wildman–Crippen LogP) is 6.82. The van der Waals surface area contributed by atoms with Crippen LogP contribution < -0.4 is 25.4 Å². The van der Waals surface area contributed by atoms with Gasteiger partial charge in [-0.1, -0.05) is 38.4 Å². The lowest BCUT2D eigenvalue weighted by molar-refractivity contribution is -0.149. The Bertz CT molecular complexity index is 2400. The molecule has 1 aromatic carbocycles. The fourth-order valence-electron chi connectivity index (χ4n) is 9.71. The van der Waals surface area contributed by atoms with Crippen LogP contribution >= 0.6 is 22.9 Å². The number of alkyl halides is 3. The number of pyridine rings is 1. The summed E-state index contributed by atoms with van der Waals surface area (Å²) in [5.74, 6) is -1.18. The van der Waals surface area contributed by atoms with Crippen molar-refractivity contribution in [1.82, 2.24) is 35.3 Å². The Hall–Kier alpha value is -4.92. The fraction of sp³-hybridized carbons (Fsp3) is 0.617. The maximum Gasteiger partial charge on any atom is 0.408 e. The van der Waals surface area contributed by atoms with E-state index in [9.17, 15) is 37.5 Å². The molecule has 8 rings (SSSR count). The molecule has 4 heterocycles. The van der Waals surface area contributed by atoms with Crippen LogP contribution in [-0.2, 0) is 19.1 Å². The van der Waals surface area contributed by atoms with Crippen LogP contribution in [0.15, 0.2) is 36.2 Å². The van der Waals surface area contributed by atoms with E-state index in [1.807, 2.05) is 24.1 Å². The zero-order valence-electron chi connectivity index (χ0n) is 38.9. The van der Waals surface area contributed by atoms with E-state index in [0.717, 1.165) is 19.3 Å². The molecule has 2 aromatic heterocycles. The smallest absolute Gasteiger partial charge is 0.408 e. The molecule has 8 atom stereocenters. The summed E-state index contributed by atoms with van der Waals surface area (Å²) in [7, 11) is 0. The molecule has 21 heteroatoms. The highest BCUT2D eigenvalue weighted by Crippen LogP contribution is 2.52. The minimum Gasteiger partial charge on any atom is -0.491 e. The molecule has 5 fully saturated rings. The van der Waals surface area contributed by atoms with Gasteiger partial charge < -0.3 is 40.2 Å². The van der Waals surface area contributed by atoms with E-state index in [1.165, 1.54) is 27.2 Å². The van der Waals surface area contributed by atoms with Crippen LogP contribution in [0.5, 0.6) is 11.5 Å². The average molecular weight is 990 g/mol. The number of piperazine rings is 1. The van der Waals surface area contributed by atoms with Crippen LogP contribution in [-0.4, -0.2) is 148 Å². The SMILES string of the molecule is C=C[C@@H]1CC1(NC(=O)[C@@H]1C[C@@H](Oc2cc(-c3csc(NC(C)C)n3)nc3c(Cl)c(OCCN4CCN(CC(F)(F)F)CC4)ccc23)CN1C(=O)[C@@H](NC(=O)O[C@@H]1C[C@@H]2C[C@@H]2C1)C(C)(C)C)C(=O)O. The molecule has 1 unspecified atom stereocenters. The monoisotopic (exact) mass is 988 g/mol. The van der Waals surface area contributed by atoms with Crippen LogP contribution in [0.25, 0.3) is 22.3 Å². The number of carbonyl (C=O) groups excluding carboxylic acids is 3. The first-order chi connectivity index (χ1) is 32.1. The zero-order valence-corrected chi connectivity index (χ0v) is 40.4. The number of aromatic nitrogens is 2. The number of carboxylic acids is 1. The minimum absolute atomic E-state index is 0.0319. The van der Waals surface area contributed by atoms with Crippen molar-refractivity contribution in [2.45, 2.75) is 109 Å². The molecular formula is C47H60ClF3N8O8S. The Kier molecular flexibility index (Phi) is 14.2. The van der Waals surface area contributed by atoms with Crippen molar-refractivity contribution in [3.05, 3.63) is 41.3 Å². The summed E-state index contributed by atoms with van der Waals surface area (Å²) in [5.41, 5.74) is -1.14. The first-order valence-corrected chi connectivity index (χ1v) is 24.5. The van der Waals surface area contributed by atoms with E-state index in [0.29, 0.717) is 70.4 Å². The summed E-state index contributed by atoms with van der Waals surface area (Å²) < 4.78 is 57.5. The number of thiazole rings is 1. The summed E-state index contributed by atoms with van der Waals surface area (Å²) in [6, 6.07) is 2.93. The van der Waals surface area contributed by atoms with Crippen molar-refractivity contribution in [3.8, 4) is 22.9 Å². The molecular weight excluding hydrogens is 929 g/mol. The second-order valence-corrected chi connectivity index (χ2v) is 21.4. The van der Waals surface area contributed by atoms with Gasteiger partial charge in [0.25, 0.3) is 0 Å². The Morgan fingerprint density at radius 1 is 1.00 bits per heavy atom. The Morgan fingerprint density at radius 3 is 2.34 bits per heavy atom. The number of benzene rings is 1. The molecule has 4 N–H and O–H groups in total. The first-order valence-electron chi connectivity index (χ1n) is 23.2. The maximum absolute atomic E-state index is 14.8. The predicted molar refractivity (Wildman–Crippen MR) is 250 cm³/mol. The Labute approximate surface area is 402 Å². The van der Waals surface area contributed by atoms with Gasteiger partial charge in [-0.25, -0.2) is 19.6 Å². The van der Waals surface area contributed by atoms with Gasteiger partial charge in [0, 0.05) is 67.9 Å². The van der Waals surface area contributed by atoms with E-state index < -0.39 is 71.7 Å². The summed E-state index contributed by atoms with van der Waals surface area (Å²) in [4.78, 5) is 69.5. The lowest BCUT2D eigenvalue weighted by atomic mass is 9.85. The summed E-state index contributed by atoms with van der Waals surface area (Å²) in [6.45, 7) is 14.2. The van der Waals surface area contributed by atoms with Crippen molar-refractivity contribution in [3.63, 3.8) is 0 Å². The quantitative estimate of drug-likeness (QED) is 0.103. The molecule has 3 aliphatic carbocycles. The third-order valence-corrected chi connectivity index (χ3v) is 14.7. The van der Waals surface area contributed by atoms with Gasteiger partial charge in [-0.15, -0.1) is 17.9 Å². The first kappa shape index (κ1) is 49.5. The van der Waals surface area contributed by atoms with Crippen molar-refractivity contribution in [2.75, 3.05) is 57.7 Å². The number of nitrogens with one attached hydrogen (secondary N) is 3. The number of aliphatic carboxylic acids is 1. The van der Waals surface area contributed by atoms with Gasteiger partial charge in [0.05, 0.1) is 24.3 Å². The number of rotatable bonds is 17. The van der Waals surface area contributed by atoms with E-state index in [2.05, 4.69) is 22.5 Å². The third-order valence-electron chi connectivity index (χ3n) is 13.6. The van der Waals surface area contributed by atoms with Crippen molar-refractivity contribution >= 4 is 62.8 Å². The molecule has 68 heavy (non-hydrogen) atoms. The highest BCUT2D eigenvalue weighted by Gasteiger charge is 2.61. The molecule has 370 valence electrons. The number of ether oxygens (including phenoxy) is 3. The summed E-state index contributed by atoms with van der Waals surface area (Å²) >= 11 is 8.48. The molecule has 3 saturated carbocycles. The van der Waals surface area contributed by atoms with Crippen LogP contribution in [0.1, 0.15) is 66.7 Å². The van der Waals surface area contributed by atoms with Gasteiger partial charge >= 0.3 is 18.2 Å². The van der Waals surface area contributed by atoms with Gasteiger partial charge in [0.1, 0.15) is 58.7 Å². The van der Waals surface area contributed by atoms with E-state index in [4.69, 9.17) is 35.8 Å². The molecule has 0 radical (unpaired) electrons. The number of halogens is 4. The van der Waals surface area contributed by atoms with Crippen molar-refractivity contribution in [2.24, 2.45) is 23.2 Å². The molecule has 3 amide bonds. The molecule has 5 aliphatic rings. The van der Waals surface area contributed by atoms with Crippen molar-refractivity contribution < 1.29 is 51.7 Å². The molecule has 2 aliphatic heterocycles. The van der Waals surface area contributed by atoms with Crippen LogP contribution in [0.4, 0.5) is 23.1 Å². The van der Waals surface area contributed by atoms with E-state index in [-0.39, 0.29) is 56.3 Å². The number of carbonyl (C=O) groups is 4. The third kappa shape index (κ3) is 11.2. The largest absolute Gasteiger partial charge is 0.491 e. The Balaban J connectivity index is 1.06.